The number of esters is 4. The van der Waals surface area contributed by atoms with Crippen LogP contribution < -0.4 is 9.64 Å². The molecule has 0 N–H and O–H groups in total. The Bertz CT molecular complexity index is 1800. The van der Waals surface area contributed by atoms with E-state index in [0.29, 0.717) is 16.0 Å². The van der Waals surface area contributed by atoms with Gasteiger partial charge in [0.1, 0.15) is 31.1 Å². The predicted octanol–water partition coefficient (Wildman–Crippen LogP) is 4.62. The van der Waals surface area contributed by atoms with Crippen LogP contribution in [-0.4, -0.2) is 98.2 Å². The molecule has 0 spiro atoms. The van der Waals surface area contributed by atoms with Gasteiger partial charge < -0.3 is 38.1 Å². The molecule has 16 heteroatoms. The maximum atomic E-state index is 13.5. The Labute approximate surface area is 310 Å². The molecule has 0 bridgehead atoms. The van der Waals surface area contributed by atoms with Gasteiger partial charge in [-0.25, -0.2) is 4.79 Å². The van der Waals surface area contributed by atoms with E-state index in [1.807, 2.05) is 50.2 Å². The Morgan fingerprint density at radius 3 is 2.00 bits per heavy atom. The van der Waals surface area contributed by atoms with Crippen LogP contribution in [0.3, 0.4) is 0 Å². The number of hydrogen-bond acceptors (Lipinski definition) is 14. The summed E-state index contributed by atoms with van der Waals surface area (Å²) in [5, 5.41) is 0.587. The molecule has 1 unspecified atom stereocenters. The van der Waals surface area contributed by atoms with Crippen LogP contribution in [0.5, 0.6) is 5.75 Å². The summed E-state index contributed by atoms with van der Waals surface area (Å²) in [6.45, 7) is 7.76. The molecule has 0 aliphatic carbocycles. The van der Waals surface area contributed by atoms with E-state index >= 15 is 0 Å². The van der Waals surface area contributed by atoms with Gasteiger partial charge in [-0.15, -0.1) is 11.3 Å². The van der Waals surface area contributed by atoms with Gasteiger partial charge in [0.15, 0.2) is 12.2 Å². The average molecular weight is 757 g/mol. The van der Waals surface area contributed by atoms with Crippen molar-refractivity contribution < 1.29 is 61.9 Å². The summed E-state index contributed by atoms with van der Waals surface area (Å²) < 4.78 is 40.4. The quantitative estimate of drug-likeness (QED) is 0.175. The molecule has 2 amide bonds. The van der Waals surface area contributed by atoms with Crippen molar-refractivity contribution in [3.05, 3.63) is 59.5 Å². The van der Waals surface area contributed by atoms with Crippen molar-refractivity contribution in [2.24, 2.45) is 5.92 Å². The Balaban J connectivity index is 1.57. The monoisotopic (exact) mass is 756 g/mol. The lowest BCUT2D eigenvalue weighted by Gasteiger charge is -2.43. The van der Waals surface area contributed by atoms with Crippen molar-refractivity contribution in [3.8, 4) is 5.75 Å². The predicted molar refractivity (Wildman–Crippen MR) is 191 cm³/mol. The summed E-state index contributed by atoms with van der Waals surface area (Å²) in [7, 11) is 3.18. The van der Waals surface area contributed by atoms with Crippen molar-refractivity contribution in [2.45, 2.75) is 84.9 Å². The number of carbonyl (C=O) groups is 6. The van der Waals surface area contributed by atoms with E-state index in [-0.39, 0.29) is 24.2 Å². The second-order valence-corrected chi connectivity index (χ2v) is 13.8. The van der Waals surface area contributed by atoms with E-state index < -0.39 is 73.3 Å². The third-order valence-corrected chi connectivity index (χ3v) is 9.24. The van der Waals surface area contributed by atoms with Gasteiger partial charge in [0.2, 0.25) is 18.3 Å². The molecule has 1 fully saturated rings. The first kappa shape index (κ1) is 40.5. The number of ether oxygens (including phenoxy) is 7. The summed E-state index contributed by atoms with van der Waals surface area (Å²) in [5.41, 5.74) is 0.692. The molecule has 1 aliphatic heterocycles. The molecule has 3 aromatic rings. The maximum Gasteiger partial charge on any atom is 0.410 e. The number of nitrogens with zero attached hydrogens (tertiary/aromatic N) is 2. The lowest BCUT2D eigenvalue weighted by molar-refractivity contribution is -0.288. The van der Waals surface area contributed by atoms with Crippen molar-refractivity contribution in [1.29, 1.82) is 0 Å². The van der Waals surface area contributed by atoms with Gasteiger partial charge in [0.25, 0.3) is 0 Å². The molecular formula is C37H44N2O13S. The third kappa shape index (κ3) is 10.4. The molecule has 0 saturated carbocycles. The summed E-state index contributed by atoms with van der Waals surface area (Å²) in [6, 6.07) is 15.2. The highest BCUT2D eigenvalue weighted by Gasteiger charge is 2.53. The standard InChI is InChI=1S/C37H44N2O13S/c1-20(2)31(35(44)38(7)25-13-10-9-11-14-25)39(8)37(45)47-18-26-17-27-28(15-12-16-30(27)53-26)51-36-34(50-24(6)43)33(49-23(5)42)32(48-22(4)41)29(52-36)19-46-21(3)40/h9-17,20,29,31-34,36H,18-19H2,1-8H3/t29-,31?,32+,33+,34-,36-/m1/s1. The first-order valence-corrected chi connectivity index (χ1v) is 17.6. The molecule has 15 nitrogen and oxygen atoms in total. The van der Waals surface area contributed by atoms with Crippen LogP contribution in [0, 0.1) is 5.92 Å². The van der Waals surface area contributed by atoms with Crippen LogP contribution in [0.25, 0.3) is 10.1 Å². The van der Waals surface area contributed by atoms with E-state index in [9.17, 15) is 28.8 Å². The number of likely N-dealkylation sites (N-methyl/N-ethyl adjacent to an activating group) is 2. The third-order valence-electron chi connectivity index (χ3n) is 8.17. The van der Waals surface area contributed by atoms with Gasteiger partial charge in [-0.2, -0.15) is 0 Å². The van der Waals surface area contributed by atoms with Gasteiger partial charge >= 0.3 is 30.0 Å². The summed E-state index contributed by atoms with van der Waals surface area (Å²) in [5.74, 6) is -3.15. The largest absolute Gasteiger partial charge is 0.463 e. The van der Waals surface area contributed by atoms with Crippen LogP contribution >= 0.6 is 11.3 Å². The van der Waals surface area contributed by atoms with Gasteiger partial charge in [0, 0.05) is 62.4 Å². The number of thiophene rings is 1. The molecule has 6 atom stereocenters. The summed E-state index contributed by atoms with van der Waals surface area (Å²) in [4.78, 5) is 78.4. The number of rotatable bonds is 13. The molecule has 286 valence electrons. The van der Waals surface area contributed by atoms with Gasteiger partial charge in [-0.1, -0.05) is 38.1 Å². The zero-order chi connectivity index (χ0) is 39.0. The maximum absolute atomic E-state index is 13.5. The molecular weight excluding hydrogens is 712 g/mol. The second-order valence-electron chi connectivity index (χ2n) is 12.7. The van der Waals surface area contributed by atoms with Gasteiger partial charge in [-0.3, -0.25) is 28.9 Å². The minimum absolute atomic E-state index is 0.117. The second kappa shape index (κ2) is 18.0. The van der Waals surface area contributed by atoms with Crippen LogP contribution in [0.2, 0.25) is 0 Å². The average Bonchev–Trinajstić information content (AvgIpc) is 3.52. The number of fused-ring (bicyclic) bond motifs is 1. The molecule has 2 aromatic carbocycles. The molecule has 4 rings (SSSR count). The minimum Gasteiger partial charge on any atom is -0.463 e. The molecule has 1 aliphatic rings. The first-order valence-electron chi connectivity index (χ1n) is 16.8. The van der Waals surface area contributed by atoms with E-state index in [4.69, 9.17) is 33.2 Å². The highest BCUT2D eigenvalue weighted by Crippen LogP contribution is 2.37. The zero-order valence-corrected chi connectivity index (χ0v) is 31.6. The topological polar surface area (TPSA) is 174 Å². The van der Waals surface area contributed by atoms with Gasteiger partial charge in [0.05, 0.1) is 0 Å². The molecule has 53 heavy (non-hydrogen) atoms. The fourth-order valence-corrected chi connectivity index (χ4v) is 6.89. The molecule has 2 heterocycles. The molecule has 1 aromatic heterocycles. The Morgan fingerprint density at radius 2 is 1.40 bits per heavy atom. The number of anilines is 1. The van der Waals surface area contributed by atoms with Crippen LogP contribution in [-0.2, 0) is 59.0 Å². The fourth-order valence-electron chi connectivity index (χ4n) is 5.89. The number of hydrogen-bond donors (Lipinski definition) is 0. The number of benzene rings is 2. The van der Waals surface area contributed by atoms with Crippen LogP contribution in [0.4, 0.5) is 10.5 Å². The van der Waals surface area contributed by atoms with E-state index in [0.717, 1.165) is 25.5 Å². The Morgan fingerprint density at radius 1 is 0.774 bits per heavy atom. The highest BCUT2D eigenvalue weighted by molar-refractivity contribution is 7.19. The van der Waals surface area contributed by atoms with Crippen molar-refractivity contribution in [2.75, 3.05) is 25.6 Å². The fraction of sp³-hybridized carbons (Fsp3) is 0.459. The Hall–Kier alpha value is -5.22. The lowest BCUT2D eigenvalue weighted by Crippen LogP contribution is -2.63. The van der Waals surface area contributed by atoms with Crippen molar-refractivity contribution >= 4 is 63.0 Å². The normalized spacial score (nSPS) is 20.1. The van der Waals surface area contributed by atoms with E-state index in [1.54, 1.807) is 25.2 Å². The molecule has 0 radical (unpaired) electrons. The lowest BCUT2D eigenvalue weighted by atomic mass is 9.98. The van der Waals surface area contributed by atoms with Crippen LogP contribution in [0.1, 0.15) is 46.4 Å². The summed E-state index contributed by atoms with van der Waals surface area (Å²) >= 11 is 1.33. The number of carbonyl (C=O) groups excluding carboxylic acids is 6. The van der Waals surface area contributed by atoms with Crippen molar-refractivity contribution in [3.63, 3.8) is 0 Å². The first-order chi connectivity index (χ1) is 25.1. The summed E-state index contributed by atoms with van der Waals surface area (Å²) in [6.07, 6.45) is -7.47. The number of amides is 2. The minimum atomic E-state index is -1.43. The van der Waals surface area contributed by atoms with Crippen LogP contribution in [0.15, 0.2) is 54.6 Å². The smallest absolute Gasteiger partial charge is 0.410 e. The van der Waals surface area contributed by atoms with E-state index in [2.05, 4.69) is 0 Å². The van der Waals surface area contributed by atoms with Gasteiger partial charge in [-0.05, 0) is 36.2 Å². The zero-order valence-electron chi connectivity index (χ0n) is 30.8. The SMILES string of the molecule is CC(=O)OC[C@H]1O[C@@H](Oc2cccc3sc(COC(=O)N(C)C(C(=O)N(C)c4ccccc4)C(C)C)cc23)[C@H](OC(C)=O)[C@@H](OC(C)=O)[C@H]1OC(C)=O. The highest BCUT2D eigenvalue weighted by atomic mass is 32.1. The van der Waals surface area contributed by atoms with E-state index in [1.165, 1.54) is 35.1 Å². The Kier molecular flexibility index (Phi) is 13.8. The van der Waals surface area contributed by atoms with Crippen molar-refractivity contribution in [1.82, 2.24) is 4.90 Å². The number of para-hydroxylation sites is 1. The molecule has 1 saturated heterocycles.